The molecule has 0 radical (unpaired) electrons. The smallest absolute Gasteiger partial charge is 0.251 e. The van der Waals surface area contributed by atoms with E-state index in [-0.39, 0.29) is 29.8 Å². The lowest BCUT2D eigenvalue weighted by Gasteiger charge is -2.16. The van der Waals surface area contributed by atoms with Crippen LogP contribution in [-0.4, -0.2) is 40.0 Å². The van der Waals surface area contributed by atoms with Gasteiger partial charge in [0, 0.05) is 31.2 Å². The fourth-order valence-corrected chi connectivity index (χ4v) is 4.07. The molecule has 1 aromatic rings. The van der Waals surface area contributed by atoms with Crippen LogP contribution < -0.4 is 15.4 Å². The van der Waals surface area contributed by atoms with Crippen molar-refractivity contribution in [3.8, 4) is 0 Å². The molecule has 27 heavy (non-hydrogen) atoms. The molecule has 2 rings (SSSR count). The summed E-state index contributed by atoms with van der Waals surface area (Å²) in [5.41, 5.74) is 0.446. The van der Waals surface area contributed by atoms with E-state index in [2.05, 4.69) is 21.9 Å². The fourth-order valence-electron chi connectivity index (χ4n) is 3.08. The van der Waals surface area contributed by atoms with Crippen molar-refractivity contribution < 1.29 is 13.2 Å². The molecule has 0 heterocycles. The van der Waals surface area contributed by atoms with Crippen LogP contribution in [-0.2, 0) is 10.0 Å². The number of hydrogen-bond donors (Lipinski definition) is 3. The Morgan fingerprint density at radius 3 is 2.30 bits per heavy atom. The second kappa shape index (κ2) is 12.1. The number of carbonyl (C=O) groups is 1. The lowest BCUT2D eigenvalue weighted by Crippen LogP contribution is -2.36. The largest absolute Gasteiger partial charge is 0.351 e. The molecule has 1 saturated carbocycles. The molecule has 8 heteroatoms. The van der Waals surface area contributed by atoms with Gasteiger partial charge in [0.25, 0.3) is 5.91 Å². The number of hydrogen-bond acceptors (Lipinski definition) is 4. The second-order valence-electron chi connectivity index (χ2n) is 6.56. The van der Waals surface area contributed by atoms with E-state index in [9.17, 15) is 13.2 Å². The first-order valence-corrected chi connectivity index (χ1v) is 10.7. The average Bonchev–Trinajstić information content (AvgIpc) is 2.92. The first-order valence-electron chi connectivity index (χ1n) is 9.25. The molecule has 1 aromatic carbocycles. The first kappa shape index (κ1) is 23.6. The van der Waals surface area contributed by atoms with Gasteiger partial charge in [0.05, 0.1) is 4.90 Å². The van der Waals surface area contributed by atoms with Gasteiger partial charge in [-0.05, 0) is 37.1 Å². The molecule has 6 nitrogen and oxygen atoms in total. The van der Waals surface area contributed by atoms with Gasteiger partial charge in [-0.3, -0.25) is 4.79 Å². The molecule has 152 valence electrons. The van der Waals surface area contributed by atoms with Gasteiger partial charge < -0.3 is 10.6 Å². The predicted octanol–water partition coefficient (Wildman–Crippen LogP) is 2.61. The van der Waals surface area contributed by atoms with E-state index in [0.29, 0.717) is 18.2 Å². The molecule has 0 aromatic heterocycles. The summed E-state index contributed by atoms with van der Waals surface area (Å²) in [6.45, 7) is 4.94. The maximum atomic E-state index is 12.2. The Morgan fingerprint density at radius 2 is 1.70 bits per heavy atom. The molecule has 1 fully saturated rings. The highest BCUT2D eigenvalue weighted by Crippen LogP contribution is 2.16. The third-order valence-corrected chi connectivity index (χ3v) is 5.98. The van der Waals surface area contributed by atoms with Crippen LogP contribution in [0, 0.1) is 0 Å². The van der Waals surface area contributed by atoms with Crippen molar-refractivity contribution in [1.82, 2.24) is 15.4 Å². The Bertz CT molecular complexity index is 685. The third kappa shape index (κ3) is 8.01. The summed E-state index contributed by atoms with van der Waals surface area (Å²) in [6.07, 6.45) is 9.10. The highest BCUT2D eigenvalue weighted by molar-refractivity contribution is 7.89. The van der Waals surface area contributed by atoms with E-state index in [0.717, 1.165) is 6.54 Å². The summed E-state index contributed by atoms with van der Waals surface area (Å²) in [5, 5.41) is 6.37. The second-order valence-corrected chi connectivity index (χ2v) is 8.33. The Kier molecular flexibility index (Phi) is 10.6. The fraction of sp³-hybridized carbons (Fsp3) is 0.526. The minimum Gasteiger partial charge on any atom is -0.351 e. The molecular formula is C19H30ClN3O3S. The van der Waals surface area contributed by atoms with Gasteiger partial charge in [-0.1, -0.05) is 31.8 Å². The van der Waals surface area contributed by atoms with Crippen LogP contribution >= 0.6 is 12.4 Å². The molecule has 0 bridgehead atoms. The van der Waals surface area contributed by atoms with Crippen molar-refractivity contribution in [3.63, 3.8) is 0 Å². The van der Waals surface area contributed by atoms with Crippen molar-refractivity contribution in [2.45, 2.75) is 49.5 Å². The zero-order valence-corrected chi connectivity index (χ0v) is 17.2. The van der Waals surface area contributed by atoms with E-state index in [1.165, 1.54) is 68.9 Å². The van der Waals surface area contributed by atoms with Crippen molar-refractivity contribution in [2.24, 2.45) is 0 Å². The standard InChI is InChI=1S/C19H29N3O3S.ClH/c1-2-13-22-26(24,25)18-11-9-16(10-12-18)19(23)21-15-14-20-17-7-5-3-4-6-8-17;/h2,9-12,17,20,22H,1,3-8,13-15H2,(H,21,23);1H. The van der Waals surface area contributed by atoms with Crippen molar-refractivity contribution >= 4 is 28.3 Å². The van der Waals surface area contributed by atoms with Crippen LogP contribution in [0.4, 0.5) is 0 Å². The van der Waals surface area contributed by atoms with Crippen LogP contribution in [0.1, 0.15) is 48.9 Å². The van der Waals surface area contributed by atoms with Crippen LogP contribution in [0.25, 0.3) is 0 Å². The zero-order chi connectivity index (χ0) is 18.8. The highest BCUT2D eigenvalue weighted by atomic mass is 35.5. The molecule has 0 unspecified atom stereocenters. The predicted molar refractivity (Wildman–Crippen MR) is 111 cm³/mol. The van der Waals surface area contributed by atoms with E-state index in [1.807, 2.05) is 0 Å². The van der Waals surface area contributed by atoms with Gasteiger partial charge in [0.1, 0.15) is 0 Å². The summed E-state index contributed by atoms with van der Waals surface area (Å²) in [5.74, 6) is -0.198. The summed E-state index contributed by atoms with van der Waals surface area (Å²) in [6, 6.07) is 6.48. The third-order valence-electron chi connectivity index (χ3n) is 4.54. The summed E-state index contributed by atoms with van der Waals surface area (Å²) in [4.78, 5) is 12.3. The molecule has 1 aliphatic rings. The Hall–Kier alpha value is -1.41. The lowest BCUT2D eigenvalue weighted by atomic mass is 10.1. The van der Waals surface area contributed by atoms with Crippen LogP contribution in [0.2, 0.25) is 0 Å². The first-order chi connectivity index (χ1) is 12.5. The molecule has 3 N–H and O–H groups in total. The average molecular weight is 416 g/mol. The topological polar surface area (TPSA) is 87.3 Å². The molecule has 1 aliphatic carbocycles. The van der Waals surface area contributed by atoms with Crippen molar-refractivity contribution in [2.75, 3.05) is 19.6 Å². The van der Waals surface area contributed by atoms with E-state index in [4.69, 9.17) is 0 Å². The maximum absolute atomic E-state index is 12.2. The van der Waals surface area contributed by atoms with Gasteiger partial charge in [-0.25, -0.2) is 13.1 Å². The summed E-state index contributed by atoms with van der Waals surface area (Å²) < 4.78 is 26.4. The number of halogens is 1. The van der Waals surface area contributed by atoms with Crippen LogP contribution in [0.15, 0.2) is 41.8 Å². The quantitative estimate of drug-likeness (QED) is 0.328. The number of amides is 1. The molecule has 1 amide bonds. The van der Waals surface area contributed by atoms with Gasteiger partial charge in [0.2, 0.25) is 10.0 Å². The molecule has 0 aliphatic heterocycles. The highest BCUT2D eigenvalue weighted by Gasteiger charge is 2.14. The molecule has 0 saturated heterocycles. The summed E-state index contributed by atoms with van der Waals surface area (Å²) >= 11 is 0. The summed E-state index contributed by atoms with van der Waals surface area (Å²) in [7, 11) is -3.56. The molecular weight excluding hydrogens is 386 g/mol. The maximum Gasteiger partial charge on any atom is 0.251 e. The Morgan fingerprint density at radius 1 is 1.07 bits per heavy atom. The van der Waals surface area contributed by atoms with Gasteiger partial charge in [0.15, 0.2) is 0 Å². The van der Waals surface area contributed by atoms with Gasteiger partial charge in [-0.2, -0.15) is 0 Å². The number of sulfonamides is 1. The normalized spacial score (nSPS) is 15.4. The zero-order valence-electron chi connectivity index (χ0n) is 15.6. The number of benzene rings is 1. The monoisotopic (exact) mass is 415 g/mol. The number of carbonyl (C=O) groups excluding carboxylic acids is 1. The lowest BCUT2D eigenvalue weighted by molar-refractivity contribution is 0.0953. The Labute approximate surface area is 168 Å². The van der Waals surface area contributed by atoms with E-state index in [1.54, 1.807) is 0 Å². The van der Waals surface area contributed by atoms with Crippen molar-refractivity contribution in [1.29, 1.82) is 0 Å². The SMILES string of the molecule is C=CCNS(=O)(=O)c1ccc(C(=O)NCCNC2CCCCCC2)cc1.Cl. The molecule has 0 atom stereocenters. The van der Waals surface area contributed by atoms with Crippen LogP contribution in [0.3, 0.4) is 0 Å². The van der Waals surface area contributed by atoms with Gasteiger partial charge in [-0.15, -0.1) is 19.0 Å². The van der Waals surface area contributed by atoms with Crippen molar-refractivity contribution in [3.05, 3.63) is 42.5 Å². The van der Waals surface area contributed by atoms with E-state index < -0.39 is 10.0 Å². The minimum atomic E-state index is -3.56. The van der Waals surface area contributed by atoms with Gasteiger partial charge >= 0.3 is 0 Å². The number of nitrogens with one attached hydrogen (secondary N) is 3. The molecule has 0 spiro atoms. The Balaban J connectivity index is 0.00000364. The van der Waals surface area contributed by atoms with Crippen LogP contribution in [0.5, 0.6) is 0 Å². The van der Waals surface area contributed by atoms with E-state index >= 15 is 0 Å². The minimum absolute atomic E-state index is 0. The number of rotatable bonds is 9.